The minimum absolute atomic E-state index is 0.200. The van der Waals surface area contributed by atoms with Crippen LogP contribution in [0.5, 0.6) is 0 Å². The van der Waals surface area contributed by atoms with Gasteiger partial charge in [0.15, 0.2) is 11.5 Å². The summed E-state index contributed by atoms with van der Waals surface area (Å²) in [6.07, 6.45) is 8.22. The molecule has 0 saturated heterocycles. The van der Waals surface area contributed by atoms with E-state index in [9.17, 15) is 19.6 Å². The van der Waals surface area contributed by atoms with Gasteiger partial charge in [-0.2, -0.15) is 0 Å². The monoisotopic (exact) mass is 526 g/mol. The lowest BCUT2D eigenvalue weighted by molar-refractivity contribution is -0.203. The number of aliphatic hydroxyl groups excluding tert-OH is 2. The van der Waals surface area contributed by atoms with Crippen molar-refractivity contribution in [2.75, 3.05) is 20.7 Å². The maximum absolute atomic E-state index is 12.0. The Morgan fingerprint density at radius 2 is 1.78 bits per heavy atom. The van der Waals surface area contributed by atoms with Crippen LogP contribution in [0.4, 0.5) is 4.79 Å². The van der Waals surface area contributed by atoms with Gasteiger partial charge in [-0.25, -0.2) is 4.79 Å². The third-order valence-corrected chi connectivity index (χ3v) is 12.5. The lowest BCUT2D eigenvalue weighted by Gasteiger charge is -2.64. The molecule has 7 nitrogen and oxygen atoms in total. The van der Waals surface area contributed by atoms with Gasteiger partial charge in [-0.1, -0.05) is 34.1 Å². The molecule has 0 heterocycles. The SMILES string of the molecule is CC[C@@H]1C2C[C@H](O)CC[C@@]2(C)[C@H]2CCC3(C)[C@@H]([C@H](C)CCOC(=O)N[S+]([O-])N(C)C)CC[C@H]3C2[C@@H]1O. The van der Waals surface area contributed by atoms with Gasteiger partial charge < -0.3 is 19.5 Å². The number of hydrogen-bond acceptors (Lipinski definition) is 6. The molecule has 36 heavy (non-hydrogen) atoms. The van der Waals surface area contributed by atoms with Crippen LogP contribution in [0, 0.1) is 52.3 Å². The van der Waals surface area contributed by atoms with E-state index >= 15 is 0 Å². The van der Waals surface area contributed by atoms with E-state index in [-0.39, 0.29) is 29.0 Å². The molecule has 12 atom stereocenters. The number of fused-ring (bicyclic) bond motifs is 5. The van der Waals surface area contributed by atoms with Gasteiger partial charge in [0.25, 0.3) is 0 Å². The Balaban J connectivity index is 1.43. The summed E-state index contributed by atoms with van der Waals surface area (Å²) in [5.41, 5.74) is 0.425. The lowest BCUT2D eigenvalue weighted by Crippen LogP contribution is -2.62. The molecule has 0 aromatic heterocycles. The molecule has 0 aromatic carbocycles. The van der Waals surface area contributed by atoms with Crippen LogP contribution in [0.25, 0.3) is 0 Å². The zero-order chi connectivity index (χ0) is 26.4. The molecule has 0 aromatic rings. The van der Waals surface area contributed by atoms with Crippen molar-refractivity contribution in [3.8, 4) is 0 Å². The van der Waals surface area contributed by atoms with E-state index < -0.39 is 17.6 Å². The normalized spacial score (nSPS) is 45.8. The van der Waals surface area contributed by atoms with Crippen LogP contribution in [-0.2, 0) is 16.3 Å². The van der Waals surface area contributed by atoms with Crippen LogP contribution in [0.2, 0.25) is 0 Å². The number of aliphatic hydroxyl groups is 2. The molecule has 4 aliphatic rings. The number of hydrogen-bond donors (Lipinski definition) is 3. The highest BCUT2D eigenvalue weighted by atomic mass is 32.2. The summed E-state index contributed by atoms with van der Waals surface area (Å²) in [5.74, 6) is 3.10. The van der Waals surface area contributed by atoms with E-state index in [0.29, 0.717) is 42.1 Å². The van der Waals surface area contributed by atoms with Crippen molar-refractivity contribution in [1.29, 1.82) is 0 Å². The van der Waals surface area contributed by atoms with E-state index in [1.165, 1.54) is 30.0 Å². The second kappa shape index (κ2) is 10.9. The van der Waals surface area contributed by atoms with Crippen LogP contribution in [-0.4, -0.2) is 58.1 Å². The molecule has 0 bridgehead atoms. The van der Waals surface area contributed by atoms with Crippen LogP contribution in [0.15, 0.2) is 0 Å². The van der Waals surface area contributed by atoms with Crippen molar-refractivity contribution in [1.82, 2.24) is 9.03 Å². The average Bonchev–Trinajstić information content (AvgIpc) is 3.17. The van der Waals surface area contributed by atoms with Crippen molar-refractivity contribution < 1.29 is 24.3 Å². The van der Waals surface area contributed by atoms with Crippen molar-refractivity contribution in [3.05, 3.63) is 0 Å². The fourth-order valence-electron chi connectivity index (χ4n) is 9.66. The smallest absolute Gasteiger partial charge is 0.450 e. The molecule has 0 aliphatic heterocycles. The second-order valence-corrected chi connectivity index (χ2v) is 14.6. The summed E-state index contributed by atoms with van der Waals surface area (Å²) in [6.45, 7) is 9.79. The van der Waals surface area contributed by atoms with Gasteiger partial charge in [0.05, 0.1) is 18.8 Å². The average molecular weight is 527 g/mol. The number of rotatable bonds is 7. The fourth-order valence-corrected chi connectivity index (χ4v) is 10.0. The Morgan fingerprint density at radius 1 is 1.11 bits per heavy atom. The van der Waals surface area contributed by atoms with Crippen LogP contribution >= 0.6 is 0 Å². The molecule has 0 radical (unpaired) electrons. The van der Waals surface area contributed by atoms with Crippen molar-refractivity contribution in [3.63, 3.8) is 0 Å². The zero-order valence-corrected chi connectivity index (χ0v) is 24.1. The minimum Gasteiger partial charge on any atom is -0.573 e. The molecular formula is C28H50N2O5S. The zero-order valence-electron chi connectivity index (χ0n) is 23.2. The number of carbonyl (C=O) groups excluding carboxylic acids is 1. The maximum Gasteiger partial charge on any atom is 0.450 e. The van der Waals surface area contributed by atoms with Gasteiger partial charge in [0, 0.05) is 14.1 Å². The first kappa shape index (κ1) is 28.5. The molecule has 0 spiro atoms. The first-order chi connectivity index (χ1) is 16.9. The van der Waals surface area contributed by atoms with Crippen LogP contribution < -0.4 is 4.72 Å². The Hall–Kier alpha value is -0.540. The van der Waals surface area contributed by atoms with Gasteiger partial charge in [-0.15, -0.1) is 9.03 Å². The third kappa shape index (κ3) is 4.94. The standard InChI is InChI=1S/C28H50N2O5S/c1-7-19-23-16-18(31)10-13-28(23,4)22-11-14-27(3)20(8-9-21(27)24(22)25(19)32)17(2)12-15-35-26(33)29-36(34)30(5)6/h17-25,31-32H,7-16H2,1-6H3,(H,29,33)/t17-,18-,19-,20-,21+,22+,23?,24?,25-,27?,28+,36?/m1/s1. The molecule has 4 aliphatic carbocycles. The lowest BCUT2D eigenvalue weighted by atomic mass is 9.41. The van der Waals surface area contributed by atoms with Gasteiger partial charge >= 0.3 is 6.09 Å². The molecule has 4 rings (SSSR count). The van der Waals surface area contributed by atoms with E-state index in [4.69, 9.17) is 4.74 Å². The summed E-state index contributed by atoms with van der Waals surface area (Å²) in [6, 6.07) is 0. The summed E-state index contributed by atoms with van der Waals surface area (Å²) >= 11 is -1.58. The second-order valence-electron chi connectivity index (χ2n) is 13.2. The van der Waals surface area contributed by atoms with Gasteiger partial charge in [-0.05, 0) is 104 Å². The molecule has 4 saturated carbocycles. The quantitative estimate of drug-likeness (QED) is 0.422. The highest BCUT2D eigenvalue weighted by Gasteiger charge is 2.64. The molecule has 1 amide bonds. The largest absolute Gasteiger partial charge is 0.573 e. The van der Waals surface area contributed by atoms with Gasteiger partial charge in [0.2, 0.25) is 0 Å². The van der Waals surface area contributed by atoms with Crippen molar-refractivity contribution >= 4 is 17.6 Å². The Morgan fingerprint density at radius 3 is 2.44 bits per heavy atom. The Labute approximate surface area is 221 Å². The number of amides is 1. The third-order valence-electron chi connectivity index (χ3n) is 11.5. The minimum atomic E-state index is -1.58. The van der Waals surface area contributed by atoms with E-state index in [0.717, 1.165) is 32.1 Å². The van der Waals surface area contributed by atoms with Gasteiger partial charge in [-0.3, -0.25) is 0 Å². The first-order valence-electron chi connectivity index (χ1n) is 14.3. The summed E-state index contributed by atoms with van der Waals surface area (Å²) in [5, 5.41) is 22.3. The number of carbonyl (C=O) groups is 1. The molecule has 4 unspecified atom stereocenters. The number of ether oxygens (including phenoxy) is 1. The predicted octanol–water partition coefficient (Wildman–Crippen LogP) is 4.51. The van der Waals surface area contributed by atoms with Crippen molar-refractivity contribution in [2.45, 2.75) is 97.7 Å². The highest BCUT2D eigenvalue weighted by Crippen LogP contribution is 2.69. The summed E-state index contributed by atoms with van der Waals surface area (Å²) in [7, 11) is 3.27. The summed E-state index contributed by atoms with van der Waals surface area (Å²) < 4.78 is 20.9. The molecular weight excluding hydrogens is 476 g/mol. The van der Waals surface area contributed by atoms with Crippen LogP contribution in [0.1, 0.15) is 85.5 Å². The topological polar surface area (TPSA) is 105 Å². The molecule has 208 valence electrons. The number of nitrogens with zero attached hydrogens (tertiary/aromatic N) is 1. The van der Waals surface area contributed by atoms with Crippen LogP contribution in [0.3, 0.4) is 0 Å². The van der Waals surface area contributed by atoms with Crippen molar-refractivity contribution in [2.24, 2.45) is 52.3 Å². The predicted molar refractivity (Wildman–Crippen MR) is 142 cm³/mol. The fraction of sp³-hybridized carbons (Fsp3) is 0.964. The van der Waals surface area contributed by atoms with E-state index in [1.54, 1.807) is 14.1 Å². The van der Waals surface area contributed by atoms with Gasteiger partial charge in [0.1, 0.15) is 0 Å². The molecule has 4 fully saturated rings. The van der Waals surface area contributed by atoms with E-state index in [1.807, 2.05) is 0 Å². The first-order valence-corrected chi connectivity index (χ1v) is 15.4. The molecule has 8 heteroatoms. The summed E-state index contributed by atoms with van der Waals surface area (Å²) in [4.78, 5) is 12.0. The molecule has 3 N–H and O–H groups in total. The highest BCUT2D eigenvalue weighted by molar-refractivity contribution is 7.87. The van der Waals surface area contributed by atoms with E-state index in [2.05, 4.69) is 32.4 Å². The Kier molecular flexibility index (Phi) is 8.63. The maximum atomic E-state index is 12.0. The Bertz CT molecular complexity index is 785. The number of nitrogens with one attached hydrogen (secondary N) is 1.